The molecule has 1 saturated heterocycles. The molecule has 2 heterocycles. The molecule has 20 heavy (non-hydrogen) atoms. The van der Waals surface area contributed by atoms with Crippen molar-refractivity contribution in [2.75, 3.05) is 13.1 Å². The first-order chi connectivity index (χ1) is 9.63. The molecule has 1 atom stereocenters. The molecule has 1 fully saturated rings. The third kappa shape index (κ3) is 2.62. The van der Waals surface area contributed by atoms with Gasteiger partial charge in [0.2, 0.25) is 0 Å². The Morgan fingerprint density at radius 1 is 1.35 bits per heavy atom. The molecular weight excluding hydrogens is 257 g/mol. The van der Waals surface area contributed by atoms with E-state index in [0.717, 1.165) is 24.3 Å². The molecule has 0 aliphatic carbocycles. The number of hydrogen-bond acceptors (Lipinski definition) is 3. The van der Waals surface area contributed by atoms with Gasteiger partial charge in [0.15, 0.2) is 0 Å². The van der Waals surface area contributed by atoms with Crippen LogP contribution in [0.5, 0.6) is 0 Å². The van der Waals surface area contributed by atoms with Crippen LogP contribution in [0.2, 0.25) is 0 Å². The van der Waals surface area contributed by atoms with Gasteiger partial charge in [0.1, 0.15) is 17.3 Å². The first-order valence-corrected chi connectivity index (χ1v) is 6.88. The predicted molar refractivity (Wildman–Crippen MR) is 74.7 cm³/mol. The number of halogens is 1. The van der Waals surface area contributed by atoms with Crippen LogP contribution in [0.1, 0.15) is 17.7 Å². The highest BCUT2D eigenvalue weighted by Crippen LogP contribution is 2.27. The summed E-state index contributed by atoms with van der Waals surface area (Å²) >= 11 is 0. The molecule has 0 bridgehead atoms. The second-order valence-electron chi connectivity index (χ2n) is 5.36. The number of benzene rings is 1. The van der Waals surface area contributed by atoms with Gasteiger partial charge in [0.25, 0.3) is 0 Å². The number of aliphatic hydroxyl groups excluding tert-OH is 1. The molecule has 4 heteroatoms. The van der Waals surface area contributed by atoms with E-state index < -0.39 is 0 Å². The molecule has 0 amide bonds. The molecule has 0 saturated carbocycles. The maximum atomic E-state index is 13.6. The van der Waals surface area contributed by atoms with Crippen molar-refractivity contribution in [3.63, 3.8) is 0 Å². The highest BCUT2D eigenvalue weighted by Gasteiger charge is 2.21. The van der Waals surface area contributed by atoms with Gasteiger partial charge in [0, 0.05) is 18.7 Å². The van der Waals surface area contributed by atoms with Crippen molar-refractivity contribution in [1.82, 2.24) is 4.90 Å². The summed E-state index contributed by atoms with van der Waals surface area (Å²) in [5, 5.41) is 9.51. The van der Waals surface area contributed by atoms with Crippen LogP contribution in [0, 0.1) is 12.7 Å². The van der Waals surface area contributed by atoms with Crippen molar-refractivity contribution in [3.05, 3.63) is 47.5 Å². The standard InChI is InChI=1S/C16H18FNO2/c1-11-14(3-2-4-15(11)17)16-6-5-13(20-16)10-18-8-7-12(19)9-18/h2-6,12,19H,7-10H2,1H3. The van der Waals surface area contributed by atoms with E-state index in [4.69, 9.17) is 4.42 Å². The summed E-state index contributed by atoms with van der Waals surface area (Å²) in [6.45, 7) is 4.01. The van der Waals surface area contributed by atoms with Crippen LogP contribution in [0.3, 0.4) is 0 Å². The van der Waals surface area contributed by atoms with Crippen LogP contribution in [0.15, 0.2) is 34.7 Å². The topological polar surface area (TPSA) is 36.6 Å². The third-order valence-electron chi connectivity index (χ3n) is 3.82. The molecule has 2 aromatic rings. The third-order valence-corrected chi connectivity index (χ3v) is 3.82. The average Bonchev–Trinajstić information content (AvgIpc) is 3.03. The fourth-order valence-electron chi connectivity index (χ4n) is 2.66. The van der Waals surface area contributed by atoms with E-state index in [2.05, 4.69) is 4.90 Å². The number of furan rings is 1. The highest BCUT2D eigenvalue weighted by molar-refractivity contribution is 5.62. The summed E-state index contributed by atoms with van der Waals surface area (Å²) in [5.74, 6) is 1.32. The van der Waals surface area contributed by atoms with Crippen molar-refractivity contribution >= 4 is 0 Å². The van der Waals surface area contributed by atoms with Crippen molar-refractivity contribution in [3.8, 4) is 11.3 Å². The maximum absolute atomic E-state index is 13.6. The number of aliphatic hydroxyl groups is 1. The van der Waals surface area contributed by atoms with E-state index in [0.29, 0.717) is 24.4 Å². The van der Waals surface area contributed by atoms with E-state index in [1.807, 2.05) is 18.2 Å². The van der Waals surface area contributed by atoms with Gasteiger partial charge in [-0.3, -0.25) is 4.90 Å². The smallest absolute Gasteiger partial charge is 0.134 e. The Hall–Kier alpha value is -1.65. The largest absolute Gasteiger partial charge is 0.460 e. The fourth-order valence-corrected chi connectivity index (χ4v) is 2.66. The second kappa shape index (κ2) is 5.38. The molecule has 1 aliphatic heterocycles. The number of nitrogens with zero attached hydrogens (tertiary/aromatic N) is 1. The lowest BCUT2D eigenvalue weighted by atomic mass is 10.1. The van der Waals surface area contributed by atoms with Crippen LogP contribution in [0.25, 0.3) is 11.3 Å². The highest BCUT2D eigenvalue weighted by atomic mass is 19.1. The van der Waals surface area contributed by atoms with Crippen molar-refractivity contribution < 1.29 is 13.9 Å². The van der Waals surface area contributed by atoms with Crippen LogP contribution in [-0.4, -0.2) is 29.2 Å². The first-order valence-electron chi connectivity index (χ1n) is 6.88. The SMILES string of the molecule is Cc1c(F)cccc1-c1ccc(CN2CCC(O)C2)o1. The first kappa shape index (κ1) is 13.3. The van der Waals surface area contributed by atoms with E-state index in [1.165, 1.54) is 6.07 Å². The van der Waals surface area contributed by atoms with Gasteiger partial charge < -0.3 is 9.52 Å². The van der Waals surface area contributed by atoms with E-state index in [9.17, 15) is 9.50 Å². The lowest BCUT2D eigenvalue weighted by Gasteiger charge is -2.12. The van der Waals surface area contributed by atoms with Crippen LogP contribution < -0.4 is 0 Å². The Morgan fingerprint density at radius 3 is 2.95 bits per heavy atom. The lowest BCUT2D eigenvalue weighted by Crippen LogP contribution is -2.21. The Labute approximate surface area is 117 Å². The predicted octanol–water partition coefficient (Wildman–Crippen LogP) is 2.96. The average molecular weight is 275 g/mol. The quantitative estimate of drug-likeness (QED) is 0.935. The van der Waals surface area contributed by atoms with Gasteiger partial charge >= 0.3 is 0 Å². The van der Waals surface area contributed by atoms with Gasteiger partial charge in [-0.2, -0.15) is 0 Å². The summed E-state index contributed by atoms with van der Waals surface area (Å²) in [7, 11) is 0. The molecule has 0 spiro atoms. The Balaban J connectivity index is 1.78. The van der Waals surface area contributed by atoms with Crippen molar-refractivity contribution in [1.29, 1.82) is 0 Å². The normalized spacial score (nSPS) is 19.6. The Morgan fingerprint density at radius 2 is 2.20 bits per heavy atom. The summed E-state index contributed by atoms with van der Waals surface area (Å²) in [6, 6.07) is 8.81. The van der Waals surface area contributed by atoms with Crippen LogP contribution >= 0.6 is 0 Å². The Bertz CT molecular complexity index is 608. The minimum Gasteiger partial charge on any atom is -0.460 e. The minimum atomic E-state index is -0.227. The van der Waals surface area contributed by atoms with Gasteiger partial charge in [-0.25, -0.2) is 4.39 Å². The molecule has 1 aromatic heterocycles. The zero-order valence-electron chi connectivity index (χ0n) is 11.5. The number of β-amino-alcohol motifs (C(OH)–C–C–N with tert-alkyl or cyclic N) is 1. The zero-order valence-corrected chi connectivity index (χ0v) is 11.5. The number of hydrogen-bond donors (Lipinski definition) is 1. The molecule has 0 radical (unpaired) electrons. The second-order valence-corrected chi connectivity index (χ2v) is 5.36. The van der Waals surface area contributed by atoms with Gasteiger partial charge in [-0.15, -0.1) is 0 Å². The van der Waals surface area contributed by atoms with E-state index >= 15 is 0 Å². The minimum absolute atomic E-state index is 0.219. The zero-order chi connectivity index (χ0) is 14.1. The lowest BCUT2D eigenvalue weighted by molar-refractivity contribution is 0.172. The summed E-state index contributed by atoms with van der Waals surface area (Å²) in [5.41, 5.74) is 1.39. The number of likely N-dealkylation sites (tertiary alicyclic amines) is 1. The van der Waals surface area contributed by atoms with Gasteiger partial charge in [-0.05, 0) is 37.1 Å². The number of rotatable bonds is 3. The molecule has 1 N–H and O–H groups in total. The van der Waals surface area contributed by atoms with Gasteiger partial charge in [0.05, 0.1) is 12.6 Å². The van der Waals surface area contributed by atoms with Gasteiger partial charge in [-0.1, -0.05) is 12.1 Å². The van der Waals surface area contributed by atoms with Crippen LogP contribution in [0.4, 0.5) is 4.39 Å². The molecular formula is C16H18FNO2. The van der Waals surface area contributed by atoms with E-state index in [-0.39, 0.29) is 11.9 Å². The fraction of sp³-hybridized carbons (Fsp3) is 0.375. The van der Waals surface area contributed by atoms with Crippen molar-refractivity contribution in [2.24, 2.45) is 0 Å². The van der Waals surface area contributed by atoms with Crippen LogP contribution in [-0.2, 0) is 6.54 Å². The molecule has 3 rings (SSSR count). The monoisotopic (exact) mass is 275 g/mol. The van der Waals surface area contributed by atoms with Crippen molar-refractivity contribution in [2.45, 2.75) is 26.0 Å². The molecule has 3 nitrogen and oxygen atoms in total. The molecule has 1 aliphatic rings. The summed E-state index contributed by atoms with van der Waals surface area (Å²) in [4.78, 5) is 2.16. The molecule has 1 aromatic carbocycles. The summed E-state index contributed by atoms with van der Waals surface area (Å²) in [6.07, 6.45) is 0.589. The molecule has 1 unspecified atom stereocenters. The summed E-state index contributed by atoms with van der Waals surface area (Å²) < 4.78 is 19.4. The molecule has 106 valence electrons. The van der Waals surface area contributed by atoms with E-state index in [1.54, 1.807) is 13.0 Å². The Kier molecular flexibility index (Phi) is 3.59. The maximum Gasteiger partial charge on any atom is 0.134 e.